The van der Waals surface area contributed by atoms with Crippen molar-refractivity contribution in [2.45, 2.75) is 57.5 Å². The minimum atomic E-state index is -3.15. The number of benzene rings is 1. The molecule has 2 aliphatic rings. The Hall–Kier alpha value is -1.60. The molecule has 1 aromatic carbocycles. The second-order valence-corrected chi connectivity index (χ2v) is 10.2. The first-order chi connectivity index (χ1) is 13.3. The molecule has 2 fully saturated rings. The Morgan fingerprint density at radius 1 is 1.07 bits per heavy atom. The Morgan fingerprint density at radius 2 is 1.68 bits per heavy atom. The predicted octanol–water partition coefficient (Wildman–Crippen LogP) is 2.74. The van der Waals surface area contributed by atoms with Crippen LogP contribution in [0, 0.1) is 5.92 Å². The van der Waals surface area contributed by atoms with Crippen molar-refractivity contribution in [1.29, 1.82) is 0 Å². The molecular weight excluding hydrogens is 374 g/mol. The van der Waals surface area contributed by atoms with Gasteiger partial charge in [-0.2, -0.15) is 0 Å². The lowest BCUT2D eigenvalue weighted by atomic mass is 9.94. The number of hydrogen-bond acceptors (Lipinski definition) is 4. The average Bonchev–Trinajstić information content (AvgIpc) is 2.72. The Morgan fingerprint density at radius 3 is 2.25 bits per heavy atom. The molecule has 1 aliphatic carbocycles. The Bertz CT molecular complexity index is 750. The number of piperidine rings is 1. The molecule has 6 nitrogen and oxygen atoms in total. The molecule has 1 saturated carbocycles. The van der Waals surface area contributed by atoms with Gasteiger partial charge in [-0.1, -0.05) is 31.4 Å². The molecule has 0 bridgehead atoms. The van der Waals surface area contributed by atoms with Crippen molar-refractivity contribution in [2.24, 2.45) is 5.92 Å². The van der Waals surface area contributed by atoms with Crippen molar-refractivity contribution >= 4 is 21.6 Å². The summed E-state index contributed by atoms with van der Waals surface area (Å²) in [6.07, 6.45) is 8.94. The van der Waals surface area contributed by atoms with Crippen LogP contribution >= 0.6 is 0 Å². The quantitative estimate of drug-likeness (QED) is 0.787. The Labute approximate surface area is 169 Å². The van der Waals surface area contributed by atoms with Gasteiger partial charge in [0.05, 0.1) is 6.26 Å². The van der Waals surface area contributed by atoms with E-state index < -0.39 is 10.0 Å². The normalized spacial score (nSPS) is 20.1. The SMILES string of the molecule is CN(c1ccc(CNC(=O)C2CCN(S(C)(=O)=O)CC2)cc1)C1CCCCC1. The van der Waals surface area contributed by atoms with Gasteiger partial charge in [0, 0.05) is 44.3 Å². The van der Waals surface area contributed by atoms with Gasteiger partial charge in [-0.05, 0) is 43.4 Å². The summed E-state index contributed by atoms with van der Waals surface area (Å²) in [6, 6.07) is 9.08. The molecular formula is C21H33N3O3S. The number of rotatable bonds is 6. The first-order valence-corrected chi connectivity index (χ1v) is 12.2. The molecule has 1 amide bonds. The van der Waals surface area contributed by atoms with E-state index in [9.17, 15) is 13.2 Å². The minimum Gasteiger partial charge on any atom is -0.372 e. The number of sulfonamides is 1. The smallest absolute Gasteiger partial charge is 0.223 e. The molecule has 1 aromatic rings. The van der Waals surface area contributed by atoms with Crippen LogP contribution in [0.4, 0.5) is 5.69 Å². The molecule has 0 atom stereocenters. The van der Waals surface area contributed by atoms with E-state index in [4.69, 9.17) is 0 Å². The van der Waals surface area contributed by atoms with Gasteiger partial charge in [0.15, 0.2) is 0 Å². The van der Waals surface area contributed by atoms with Crippen LogP contribution in [0.2, 0.25) is 0 Å². The van der Waals surface area contributed by atoms with Crippen molar-refractivity contribution in [3.8, 4) is 0 Å². The van der Waals surface area contributed by atoms with Gasteiger partial charge in [0.2, 0.25) is 15.9 Å². The van der Waals surface area contributed by atoms with Gasteiger partial charge >= 0.3 is 0 Å². The molecule has 0 aromatic heterocycles. The molecule has 1 saturated heterocycles. The molecule has 0 spiro atoms. The van der Waals surface area contributed by atoms with Gasteiger partial charge < -0.3 is 10.2 Å². The molecule has 1 heterocycles. The van der Waals surface area contributed by atoms with Crippen LogP contribution < -0.4 is 10.2 Å². The van der Waals surface area contributed by atoms with Crippen molar-refractivity contribution < 1.29 is 13.2 Å². The first-order valence-electron chi connectivity index (χ1n) is 10.4. The van der Waals surface area contributed by atoms with Crippen LogP contribution in [0.3, 0.4) is 0 Å². The average molecular weight is 408 g/mol. The molecule has 1 N–H and O–H groups in total. The van der Waals surface area contributed by atoms with Gasteiger partial charge in [-0.15, -0.1) is 0 Å². The van der Waals surface area contributed by atoms with E-state index in [1.807, 2.05) is 0 Å². The molecule has 156 valence electrons. The van der Waals surface area contributed by atoms with E-state index in [1.165, 1.54) is 48.4 Å². The summed E-state index contributed by atoms with van der Waals surface area (Å²) >= 11 is 0. The highest BCUT2D eigenvalue weighted by Crippen LogP contribution is 2.26. The van der Waals surface area contributed by atoms with Crippen LogP contribution in [0.25, 0.3) is 0 Å². The van der Waals surface area contributed by atoms with Crippen molar-refractivity contribution in [1.82, 2.24) is 9.62 Å². The highest BCUT2D eigenvalue weighted by Gasteiger charge is 2.28. The maximum Gasteiger partial charge on any atom is 0.223 e. The van der Waals surface area contributed by atoms with E-state index in [0.717, 1.165) is 5.56 Å². The van der Waals surface area contributed by atoms with Gasteiger partial charge in [0.25, 0.3) is 0 Å². The Kier molecular flexibility index (Phi) is 6.99. The lowest BCUT2D eigenvalue weighted by Gasteiger charge is -2.33. The summed E-state index contributed by atoms with van der Waals surface area (Å²) in [5, 5.41) is 3.01. The van der Waals surface area contributed by atoms with Crippen molar-refractivity contribution in [2.75, 3.05) is 31.3 Å². The number of nitrogens with zero attached hydrogens (tertiary/aromatic N) is 2. The number of hydrogen-bond donors (Lipinski definition) is 1. The lowest BCUT2D eigenvalue weighted by Crippen LogP contribution is -2.42. The molecule has 3 rings (SSSR count). The largest absolute Gasteiger partial charge is 0.372 e. The number of carbonyl (C=O) groups excluding carboxylic acids is 1. The second-order valence-electron chi connectivity index (χ2n) is 8.22. The maximum absolute atomic E-state index is 12.4. The van der Waals surface area contributed by atoms with Crippen LogP contribution in [-0.4, -0.2) is 51.1 Å². The fraction of sp³-hybridized carbons (Fsp3) is 0.667. The van der Waals surface area contributed by atoms with Gasteiger partial charge in [-0.3, -0.25) is 4.79 Å². The molecule has 1 aliphatic heterocycles. The summed E-state index contributed by atoms with van der Waals surface area (Å²) in [5.74, 6) is -0.0775. The van der Waals surface area contributed by atoms with E-state index >= 15 is 0 Å². The van der Waals surface area contributed by atoms with E-state index in [1.54, 1.807) is 0 Å². The van der Waals surface area contributed by atoms with Crippen LogP contribution in [0.1, 0.15) is 50.5 Å². The minimum absolute atomic E-state index is 0.0246. The van der Waals surface area contributed by atoms with Crippen molar-refractivity contribution in [3.63, 3.8) is 0 Å². The topological polar surface area (TPSA) is 69.7 Å². The van der Waals surface area contributed by atoms with Gasteiger partial charge in [0.1, 0.15) is 0 Å². The predicted molar refractivity (Wildman–Crippen MR) is 113 cm³/mol. The summed E-state index contributed by atoms with van der Waals surface area (Å²) in [6.45, 7) is 1.37. The number of carbonyl (C=O) groups is 1. The zero-order valence-electron chi connectivity index (χ0n) is 17.1. The molecule has 7 heteroatoms. The van der Waals surface area contributed by atoms with Crippen LogP contribution in [0.15, 0.2) is 24.3 Å². The second kappa shape index (κ2) is 9.27. The third-order valence-corrected chi connectivity index (χ3v) is 7.53. The third-order valence-electron chi connectivity index (χ3n) is 6.23. The number of nitrogens with one attached hydrogen (secondary N) is 1. The van der Waals surface area contributed by atoms with Crippen LogP contribution in [0.5, 0.6) is 0 Å². The molecule has 28 heavy (non-hydrogen) atoms. The van der Waals surface area contributed by atoms with Crippen molar-refractivity contribution in [3.05, 3.63) is 29.8 Å². The lowest BCUT2D eigenvalue weighted by molar-refractivity contribution is -0.126. The monoisotopic (exact) mass is 407 g/mol. The van der Waals surface area contributed by atoms with Gasteiger partial charge in [-0.25, -0.2) is 12.7 Å². The fourth-order valence-corrected chi connectivity index (χ4v) is 5.19. The summed E-state index contributed by atoms with van der Waals surface area (Å²) in [5.41, 5.74) is 2.32. The zero-order chi connectivity index (χ0) is 20.1. The molecule has 0 radical (unpaired) electrons. The highest BCUT2D eigenvalue weighted by atomic mass is 32.2. The van der Waals surface area contributed by atoms with E-state index in [2.05, 4.69) is 41.5 Å². The standard InChI is InChI=1S/C21H33N3O3S/c1-23(19-6-4-3-5-7-19)20-10-8-17(9-11-20)16-22-21(25)18-12-14-24(15-13-18)28(2,26)27/h8-11,18-19H,3-7,12-16H2,1-2H3,(H,22,25). The van der Waals surface area contributed by atoms with E-state index in [-0.39, 0.29) is 11.8 Å². The summed E-state index contributed by atoms with van der Waals surface area (Å²) in [7, 11) is -0.976. The maximum atomic E-state index is 12.4. The molecule has 0 unspecified atom stereocenters. The zero-order valence-corrected chi connectivity index (χ0v) is 17.9. The fourth-order valence-electron chi connectivity index (χ4n) is 4.31. The number of anilines is 1. The third kappa shape index (κ3) is 5.47. The Balaban J connectivity index is 1.46. The number of amides is 1. The summed E-state index contributed by atoms with van der Waals surface area (Å²) in [4.78, 5) is 14.8. The summed E-state index contributed by atoms with van der Waals surface area (Å²) < 4.78 is 24.6. The highest BCUT2D eigenvalue weighted by molar-refractivity contribution is 7.88. The van der Waals surface area contributed by atoms with E-state index in [0.29, 0.717) is 38.5 Å². The van der Waals surface area contributed by atoms with Crippen LogP contribution in [-0.2, 0) is 21.4 Å². The first kappa shape index (κ1) is 21.1.